The van der Waals surface area contributed by atoms with Crippen LogP contribution in [-0.2, 0) is 41.2 Å². The first-order valence-electron chi connectivity index (χ1n) is 14.5. The predicted molar refractivity (Wildman–Crippen MR) is 161 cm³/mol. The Bertz CT molecular complexity index is 1770. The van der Waals surface area contributed by atoms with E-state index in [1.54, 1.807) is 53.7 Å². The van der Waals surface area contributed by atoms with Crippen molar-refractivity contribution in [3.8, 4) is 0 Å². The Labute approximate surface area is 255 Å². The first-order valence-corrected chi connectivity index (χ1v) is 16.0. The number of hydrogen-bond acceptors (Lipinski definition) is 8. The van der Waals surface area contributed by atoms with Crippen LogP contribution >= 0.6 is 0 Å². The zero-order valence-corrected chi connectivity index (χ0v) is 25.0. The highest BCUT2D eigenvalue weighted by molar-refractivity contribution is 7.89. The quantitative estimate of drug-likeness (QED) is 0.232. The van der Waals surface area contributed by atoms with Gasteiger partial charge < -0.3 is 19.6 Å². The van der Waals surface area contributed by atoms with Crippen LogP contribution in [0, 0.1) is 0 Å². The molecule has 1 atom stereocenters. The van der Waals surface area contributed by atoms with Gasteiger partial charge in [0.05, 0.1) is 29.4 Å². The summed E-state index contributed by atoms with van der Waals surface area (Å²) in [5.74, 6) is -3.15. The molecule has 3 aromatic rings. The molecule has 2 aromatic carbocycles. The summed E-state index contributed by atoms with van der Waals surface area (Å²) in [5, 5.41) is 11.9. The van der Waals surface area contributed by atoms with Crippen LogP contribution in [-0.4, -0.2) is 78.2 Å². The highest BCUT2D eigenvalue weighted by Gasteiger charge is 2.67. The number of morpholine rings is 1. The van der Waals surface area contributed by atoms with Crippen molar-refractivity contribution in [1.82, 2.24) is 14.2 Å². The maximum atomic E-state index is 14.7. The van der Waals surface area contributed by atoms with Gasteiger partial charge in [0, 0.05) is 49.7 Å². The number of carbonyl (C=O) groups excluding carboxylic acids is 3. The highest BCUT2D eigenvalue weighted by Crippen LogP contribution is 2.54. The third kappa shape index (κ3) is 4.61. The number of amides is 2. The minimum absolute atomic E-state index is 0.00428. The molecular formula is C32H32N4O7S. The van der Waals surface area contributed by atoms with Gasteiger partial charge in [-0.1, -0.05) is 49.7 Å². The van der Waals surface area contributed by atoms with Crippen molar-refractivity contribution in [2.45, 2.75) is 36.7 Å². The number of unbranched alkanes of at least 4 members (excludes halogenated alkanes) is 1. The molecule has 1 spiro atoms. The summed E-state index contributed by atoms with van der Waals surface area (Å²) < 4.78 is 33.5. The van der Waals surface area contributed by atoms with E-state index in [0.717, 1.165) is 6.42 Å². The van der Waals surface area contributed by atoms with Crippen molar-refractivity contribution in [3.63, 3.8) is 0 Å². The van der Waals surface area contributed by atoms with Gasteiger partial charge in [-0.25, -0.2) is 8.42 Å². The fourth-order valence-electron chi connectivity index (χ4n) is 6.18. The molecule has 2 fully saturated rings. The van der Waals surface area contributed by atoms with E-state index in [1.807, 2.05) is 6.92 Å². The number of benzene rings is 2. The number of aliphatic hydroxyl groups is 1. The number of carbonyl (C=O) groups is 3. The number of aromatic nitrogens is 1. The van der Waals surface area contributed by atoms with E-state index < -0.39 is 44.5 Å². The van der Waals surface area contributed by atoms with Crippen LogP contribution in [0.2, 0.25) is 0 Å². The normalized spacial score (nSPS) is 21.8. The van der Waals surface area contributed by atoms with Gasteiger partial charge >= 0.3 is 0 Å². The number of fused-ring (bicyclic) bond motifs is 2. The maximum absolute atomic E-state index is 14.7. The molecule has 3 aliphatic rings. The van der Waals surface area contributed by atoms with Crippen molar-refractivity contribution in [3.05, 3.63) is 95.3 Å². The molecule has 1 N–H and O–H groups in total. The highest BCUT2D eigenvalue weighted by atomic mass is 32.2. The van der Waals surface area contributed by atoms with Crippen LogP contribution in [0.15, 0.2) is 83.5 Å². The number of aliphatic hydroxyl groups excluding tert-OH is 1. The number of hydrogen-bond donors (Lipinski definition) is 1. The van der Waals surface area contributed by atoms with Gasteiger partial charge in [-0.05, 0) is 36.2 Å². The molecule has 3 aliphatic heterocycles. The first-order chi connectivity index (χ1) is 21.2. The van der Waals surface area contributed by atoms with Crippen molar-refractivity contribution in [2.24, 2.45) is 0 Å². The van der Waals surface area contributed by atoms with Crippen LogP contribution in [0.4, 0.5) is 5.69 Å². The van der Waals surface area contributed by atoms with Crippen molar-refractivity contribution in [1.29, 1.82) is 0 Å². The monoisotopic (exact) mass is 616 g/mol. The average Bonchev–Trinajstić information content (AvgIpc) is 3.43. The van der Waals surface area contributed by atoms with Crippen LogP contribution in [0.1, 0.15) is 36.5 Å². The maximum Gasteiger partial charge on any atom is 0.296 e. The predicted octanol–water partition coefficient (Wildman–Crippen LogP) is 3.03. The molecule has 0 bridgehead atoms. The number of pyridine rings is 1. The number of Topliss-reactive ketones (excluding diaryl/α,β-unsaturated/α-hetero) is 1. The summed E-state index contributed by atoms with van der Waals surface area (Å²) >= 11 is 0. The zero-order chi connectivity index (χ0) is 31.1. The number of anilines is 1. The van der Waals surface area contributed by atoms with Gasteiger partial charge in [-0.3, -0.25) is 19.4 Å². The number of likely N-dealkylation sites (tertiary alicyclic amines) is 1. The van der Waals surface area contributed by atoms with Crippen molar-refractivity contribution >= 4 is 39.1 Å². The van der Waals surface area contributed by atoms with Gasteiger partial charge in [0.2, 0.25) is 10.0 Å². The van der Waals surface area contributed by atoms with Crippen LogP contribution in [0.25, 0.3) is 5.76 Å². The second-order valence-electron chi connectivity index (χ2n) is 10.9. The summed E-state index contributed by atoms with van der Waals surface area (Å²) in [6, 6.07) is 16.0. The average molecular weight is 617 g/mol. The lowest BCUT2D eigenvalue weighted by Crippen LogP contribution is -2.51. The molecule has 0 saturated carbocycles. The Morgan fingerprint density at radius 2 is 1.80 bits per heavy atom. The van der Waals surface area contributed by atoms with E-state index in [2.05, 4.69) is 4.98 Å². The minimum atomic E-state index is -3.95. The Hall–Kier alpha value is -4.39. The van der Waals surface area contributed by atoms with Gasteiger partial charge in [0.15, 0.2) is 5.54 Å². The lowest BCUT2D eigenvalue weighted by atomic mass is 9.81. The largest absolute Gasteiger partial charge is 0.507 e. The van der Waals surface area contributed by atoms with E-state index in [9.17, 15) is 27.9 Å². The molecule has 0 radical (unpaired) electrons. The van der Waals surface area contributed by atoms with E-state index >= 15 is 0 Å². The molecule has 6 rings (SSSR count). The van der Waals surface area contributed by atoms with E-state index in [-0.39, 0.29) is 43.3 Å². The minimum Gasteiger partial charge on any atom is -0.507 e. The Morgan fingerprint density at radius 1 is 1.02 bits per heavy atom. The number of ether oxygens (including phenoxy) is 1. The van der Waals surface area contributed by atoms with Gasteiger partial charge in [0.1, 0.15) is 5.76 Å². The summed E-state index contributed by atoms with van der Waals surface area (Å²) in [5.41, 5.74) is -0.859. The molecule has 1 unspecified atom stereocenters. The van der Waals surface area contributed by atoms with E-state index in [4.69, 9.17) is 4.74 Å². The van der Waals surface area contributed by atoms with E-state index in [0.29, 0.717) is 29.8 Å². The zero-order valence-electron chi connectivity index (χ0n) is 24.2. The molecule has 1 aromatic heterocycles. The molecule has 0 aliphatic carbocycles. The van der Waals surface area contributed by atoms with E-state index in [1.165, 1.54) is 33.5 Å². The molecule has 12 heteroatoms. The summed E-state index contributed by atoms with van der Waals surface area (Å²) in [7, 11) is -3.95. The topological polar surface area (TPSA) is 137 Å². The van der Waals surface area contributed by atoms with Crippen LogP contribution in [0.5, 0.6) is 0 Å². The summed E-state index contributed by atoms with van der Waals surface area (Å²) in [6.07, 6.45) is 4.60. The summed E-state index contributed by atoms with van der Waals surface area (Å²) in [4.78, 5) is 49.3. The Kier molecular flexibility index (Phi) is 7.82. The molecule has 2 amide bonds. The molecule has 44 heavy (non-hydrogen) atoms. The number of sulfonamides is 1. The molecule has 11 nitrogen and oxygen atoms in total. The second-order valence-corrected chi connectivity index (χ2v) is 12.8. The van der Waals surface area contributed by atoms with Crippen LogP contribution in [0.3, 0.4) is 0 Å². The number of nitrogens with zero attached hydrogens (tertiary/aromatic N) is 4. The SMILES string of the molecule is CCCCN1C(=O)C2(/C(=C(/O)c3cccc(S(=O)(=O)N4CCOCC4)c3)C(=O)C(=O)N2Cc2cccnc2)c2ccccc21. The molecule has 228 valence electrons. The molecular weight excluding hydrogens is 584 g/mol. The lowest BCUT2D eigenvalue weighted by molar-refractivity contribution is -0.144. The number of ketones is 1. The number of para-hydroxylation sites is 1. The molecule has 2 saturated heterocycles. The van der Waals surface area contributed by atoms with Gasteiger partial charge in [0.25, 0.3) is 17.6 Å². The second kappa shape index (κ2) is 11.6. The molecule has 4 heterocycles. The lowest BCUT2D eigenvalue weighted by Gasteiger charge is -2.34. The fourth-order valence-corrected chi connectivity index (χ4v) is 7.64. The van der Waals surface area contributed by atoms with Crippen molar-refractivity contribution < 1.29 is 32.6 Å². The third-order valence-corrected chi connectivity index (χ3v) is 10.2. The first kappa shape index (κ1) is 29.7. The van der Waals surface area contributed by atoms with Crippen LogP contribution < -0.4 is 4.90 Å². The summed E-state index contributed by atoms with van der Waals surface area (Å²) in [6.45, 7) is 3.09. The smallest absolute Gasteiger partial charge is 0.296 e. The Balaban J connectivity index is 1.56. The third-order valence-electron chi connectivity index (χ3n) is 8.32. The van der Waals surface area contributed by atoms with Crippen molar-refractivity contribution in [2.75, 3.05) is 37.7 Å². The fraction of sp³-hybridized carbons (Fsp3) is 0.312. The Morgan fingerprint density at radius 3 is 2.52 bits per heavy atom. The number of rotatable bonds is 8. The standard InChI is InChI=1S/C32H32N4O7S/c1-2-3-14-35-26-12-5-4-11-25(26)32(31(35)40)27(29(38)30(39)36(32)21-22-8-7-13-33-20-22)28(37)23-9-6-10-24(19-23)44(41,42)34-15-17-43-18-16-34/h4-13,19-20,37H,2-3,14-18,21H2,1H3/b28-27+. The van der Waals surface area contributed by atoms with Gasteiger partial charge in [-0.15, -0.1) is 0 Å². The van der Waals surface area contributed by atoms with Gasteiger partial charge in [-0.2, -0.15) is 4.31 Å².